The number of nitrogens with zero attached hydrogens (tertiary/aromatic N) is 3. The number of rotatable bonds is 4. The Kier molecular flexibility index (Phi) is 4.92. The van der Waals surface area contributed by atoms with Crippen LogP contribution in [0.15, 0.2) is 12.1 Å². The van der Waals surface area contributed by atoms with Crippen LogP contribution in [-0.2, 0) is 0 Å². The molecule has 0 saturated carbocycles. The average Bonchev–Trinajstić information content (AvgIpc) is 2.59. The highest BCUT2D eigenvalue weighted by Crippen LogP contribution is 2.33. The molecule has 1 aromatic heterocycles. The lowest BCUT2D eigenvalue weighted by atomic mass is 10.1. The SMILES string of the molecule is CCNc1cc([N+](=O)[O-])cc(N2CCSC(C)(C)CC2)n1. The molecule has 0 unspecified atom stereocenters. The maximum Gasteiger partial charge on any atom is 0.276 e. The molecule has 2 rings (SSSR count). The Labute approximate surface area is 129 Å². The highest BCUT2D eigenvalue weighted by atomic mass is 32.2. The van der Waals surface area contributed by atoms with Crippen LogP contribution < -0.4 is 10.2 Å². The molecule has 7 heteroatoms. The van der Waals surface area contributed by atoms with Crippen LogP contribution in [0, 0.1) is 10.1 Å². The van der Waals surface area contributed by atoms with E-state index in [2.05, 4.69) is 29.0 Å². The van der Waals surface area contributed by atoms with Crippen molar-refractivity contribution in [3.05, 3.63) is 22.2 Å². The average molecular weight is 310 g/mol. The Hall–Kier alpha value is -1.50. The van der Waals surface area contributed by atoms with E-state index >= 15 is 0 Å². The maximum absolute atomic E-state index is 11.1. The monoisotopic (exact) mass is 310 g/mol. The number of hydrogen-bond donors (Lipinski definition) is 1. The molecular weight excluding hydrogens is 288 g/mol. The van der Waals surface area contributed by atoms with Crippen molar-refractivity contribution in [3.8, 4) is 0 Å². The Balaban J connectivity index is 2.27. The predicted molar refractivity (Wildman–Crippen MR) is 88.4 cm³/mol. The topological polar surface area (TPSA) is 71.3 Å². The number of thioether (sulfide) groups is 1. The number of pyridine rings is 1. The Morgan fingerprint density at radius 2 is 2.24 bits per heavy atom. The van der Waals surface area contributed by atoms with E-state index in [1.54, 1.807) is 6.07 Å². The van der Waals surface area contributed by atoms with E-state index in [4.69, 9.17) is 0 Å². The fourth-order valence-electron chi connectivity index (χ4n) is 2.29. The summed E-state index contributed by atoms with van der Waals surface area (Å²) in [4.78, 5) is 17.4. The molecule has 1 aliphatic heterocycles. The Morgan fingerprint density at radius 1 is 1.48 bits per heavy atom. The fourth-order valence-corrected chi connectivity index (χ4v) is 3.39. The summed E-state index contributed by atoms with van der Waals surface area (Å²) in [5.41, 5.74) is 0.0899. The van der Waals surface area contributed by atoms with Crippen LogP contribution in [0.2, 0.25) is 0 Å². The van der Waals surface area contributed by atoms with Gasteiger partial charge in [-0.15, -0.1) is 0 Å². The van der Waals surface area contributed by atoms with Crippen molar-refractivity contribution >= 4 is 29.1 Å². The summed E-state index contributed by atoms with van der Waals surface area (Å²) < 4.78 is 0.250. The van der Waals surface area contributed by atoms with Gasteiger partial charge in [-0.1, -0.05) is 13.8 Å². The van der Waals surface area contributed by atoms with Gasteiger partial charge in [-0.2, -0.15) is 11.8 Å². The molecule has 0 bridgehead atoms. The Morgan fingerprint density at radius 3 is 2.90 bits per heavy atom. The van der Waals surface area contributed by atoms with Crippen molar-refractivity contribution in [2.75, 3.05) is 35.6 Å². The lowest BCUT2D eigenvalue weighted by molar-refractivity contribution is -0.384. The molecule has 1 N–H and O–H groups in total. The number of aromatic nitrogens is 1. The second-order valence-electron chi connectivity index (χ2n) is 5.70. The summed E-state index contributed by atoms with van der Waals surface area (Å²) in [6.07, 6.45) is 1.04. The van der Waals surface area contributed by atoms with Crippen molar-refractivity contribution in [2.45, 2.75) is 31.9 Å². The van der Waals surface area contributed by atoms with Gasteiger partial charge in [0, 0.05) is 30.1 Å². The molecule has 21 heavy (non-hydrogen) atoms. The van der Waals surface area contributed by atoms with Crippen molar-refractivity contribution in [1.29, 1.82) is 0 Å². The molecule has 0 aliphatic carbocycles. The lowest BCUT2D eigenvalue weighted by Gasteiger charge is -2.23. The maximum atomic E-state index is 11.1. The van der Waals surface area contributed by atoms with Gasteiger partial charge >= 0.3 is 0 Å². The van der Waals surface area contributed by atoms with Crippen LogP contribution in [-0.4, -0.2) is 40.0 Å². The third kappa shape index (κ3) is 4.23. The third-order valence-corrected chi connectivity index (χ3v) is 4.90. The van der Waals surface area contributed by atoms with Crippen LogP contribution in [0.5, 0.6) is 0 Å². The second-order valence-corrected chi connectivity index (χ2v) is 7.50. The van der Waals surface area contributed by atoms with E-state index in [0.717, 1.165) is 25.3 Å². The van der Waals surface area contributed by atoms with Gasteiger partial charge in [0.05, 0.1) is 17.1 Å². The molecule has 1 fully saturated rings. The van der Waals surface area contributed by atoms with Gasteiger partial charge in [0.2, 0.25) is 0 Å². The zero-order valence-electron chi connectivity index (χ0n) is 12.8. The molecule has 1 aromatic rings. The van der Waals surface area contributed by atoms with Gasteiger partial charge in [-0.05, 0) is 13.3 Å². The minimum Gasteiger partial charge on any atom is -0.370 e. The quantitative estimate of drug-likeness (QED) is 0.680. The first-order chi connectivity index (χ1) is 9.91. The smallest absolute Gasteiger partial charge is 0.276 e. The molecule has 0 radical (unpaired) electrons. The van der Waals surface area contributed by atoms with E-state index in [9.17, 15) is 10.1 Å². The molecule has 1 aliphatic rings. The van der Waals surface area contributed by atoms with Crippen LogP contribution in [0.4, 0.5) is 17.3 Å². The molecule has 6 nitrogen and oxygen atoms in total. The van der Waals surface area contributed by atoms with Gasteiger partial charge in [0.1, 0.15) is 11.6 Å². The zero-order chi connectivity index (χ0) is 15.5. The van der Waals surface area contributed by atoms with E-state index in [1.807, 2.05) is 18.7 Å². The lowest BCUT2D eigenvalue weighted by Crippen LogP contribution is -2.28. The van der Waals surface area contributed by atoms with Crippen LogP contribution in [0.3, 0.4) is 0 Å². The molecule has 0 amide bonds. The molecular formula is C14H22N4O2S. The third-order valence-electron chi connectivity index (χ3n) is 3.53. The molecule has 0 atom stereocenters. The van der Waals surface area contributed by atoms with Crippen molar-refractivity contribution in [2.24, 2.45) is 0 Å². The van der Waals surface area contributed by atoms with Gasteiger partial charge in [0.25, 0.3) is 5.69 Å². The summed E-state index contributed by atoms with van der Waals surface area (Å²) >= 11 is 1.95. The molecule has 0 aromatic carbocycles. The highest BCUT2D eigenvalue weighted by molar-refractivity contribution is 8.00. The minimum atomic E-state index is -0.359. The standard InChI is InChI=1S/C14H22N4O2S/c1-4-15-12-9-11(18(19)20)10-13(16-12)17-6-5-14(2,3)21-8-7-17/h9-10H,4-8H2,1-3H3,(H,15,16). The normalized spacial score (nSPS) is 18.1. The second kappa shape index (κ2) is 6.51. The van der Waals surface area contributed by atoms with E-state index in [0.29, 0.717) is 18.2 Å². The number of nitrogens with one attached hydrogen (secondary N) is 1. The van der Waals surface area contributed by atoms with E-state index in [-0.39, 0.29) is 15.4 Å². The van der Waals surface area contributed by atoms with Crippen molar-refractivity contribution in [3.63, 3.8) is 0 Å². The summed E-state index contributed by atoms with van der Waals surface area (Å²) in [7, 11) is 0. The molecule has 1 saturated heterocycles. The largest absolute Gasteiger partial charge is 0.370 e. The summed E-state index contributed by atoms with van der Waals surface area (Å²) in [6.45, 7) is 8.87. The summed E-state index contributed by atoms with van der Waals surface area (Å²) in [5.74, 6) is 2.27. The Bertz CT molecular complexity index is 522. The van der Waals surface area contributed by atoms with Gasteiger partial charge in [-0.25, -0.2) is 4.98 Å². The molecule has 2 heterocycles. The number of anilines is 2. The molecule has 0 spiro atoms. The summed E-state index contributed by atoms with van der Waals surface area (Å²) in [6, 6.07) is 3.06. The van der Waals surface area contributed by atoms with E-state index < -0.39 is 0 Å². The van der Waals surface area contributed by atoms with Crippen LogP contribution in [0.1, 0.15) is 27.2 Å². The van der Waals surface area contributed by atoms with Crippen molar-refractivity contribution < 1.29 is 4.92 Å². The number of nitro groups is 1. The summed E-state index contributed by atoms with van der Waals surface area (Å²) in [5, 5.41) is 14.2. The van der Waals surface area contributed by atoms with Crippen molar-refractivity contribution in [1.82, 2.24) is 4.98 Å². The highest BCUT2D eigenvalue weighted by Gasteiger charge is 2.25. The van der Waals surface area contributed by atoms with E-state index in [1.165, 1.54) is 6.07 Å². The van der Waals surface area contributed by atoms with Gasteiger partial charge in [0.15, 0.2) is 0 Å². The number of hydrogen-bond acceptors (Lipinski definition) is 6. The van der Waals surface area contributed by atoms with Crippen LogP contribution in [0.25, 0.3) is 0 Å². The van der Waals surface area contributed by atoms with Crippen LogP contribution >= 0.6 is 11.8 Å². The van der Waals surface area contributed by atoms with Gasteiger partial charge in [-0.3, -0.25) is 10.1 Å². The first-order valence-electron chi connectivity index (χ1n) is 7.20. The molecule has 116 valence electrons. The first kappa shape index (κ1) is 15.9. The first-order valence-corrected chi connectivity index (χ1v) is 8.19. The fraction of sp³-hybridized carbons (Fsp3) is 0.643. The zero-order valence-corrected chi connectivity index (χ0v) is 13.6. The minimum absolute atomic E-state index is 0.0899. The van der Waals surface area contributed by atoms with Gasteiger partial charge < -0.3 is 10.2 Å². The predicted octanol–water partition coefficient (Wildman–Crippen LogP) is 3.14.